The molecule has 178 valence electrons. The van der Waals surface area contributed by atoms with Crippen molar-refractivity contribution in [1.82, 2.24) is 20.1 Å². The molecule has 3 aliphatic heterocycles. The minimum atomic E-state index is -0.304. The maximum Gasteiger partial charge on any atom is 0.243 e. The second kappa shape index (κ2) is 9.22. The third kappa shape index (κ3) is 4.29. The molecule has 0 bridgehead atoms. The van der Waals surface area contributed by atoms with Gasteiger partial charge in [-0.1, -0.05) is 42.5 Å². The standard InChI is InChI=1S/C28H28N4O2S/c33-26-7-6-25(27(34)30-26)32-17-21-5-4-18(14-24(21)28(32)35)16-31-12-9-19(10-13-31)22-3-1-2-20-15-29-11-8-23(20)22/h1-5,8-9,11,14-15,25,28,35H,6-7,10,12-13,16-17H2,(H,30,33,34). The van der Waals surface area contributed by atoms with Gasteiger partial charge in [0.1, 0.15) is 0 Å². The molecule has 7 heteroatoms. The first-order chi connectivity index (χ1) is 17.1. The monoisotopic (exact) mass is 484 g/mol. The lowest BCUT2D eigenvalue weighted by molar-refractivity contribution is -0.137. The van der Waals surface area contributed by atoms with Crippen molar-refractivity contribution in [2.75, 3.05) is 13.1 Å². The van der Waals surface area contributed by atoms with E-state index in [9.17, 15) is 9.59 Å². The van der Waals surface area contributed by atoms with Crippen molar-refractivity contribution in [3.8, 4) is 0 Å². The third-order valence-electron chi connectivity index (χ3n) is 7.49. The number of amides is 2. The molecule has 0 spiro atoms. The number of carbonyl (C=O) groups excluding carboxylic acids is 2. The molecular weight excluding hydrogens is 456 g/mol. The number of imide groups is 1. The number of thiol groups is 1. The number of hydrogen-bond donors (Lipinski definition) is 2. The summed E-state index contributed by atoms with van der Waals surface area (Å²) in [5.74, 6) is -0.385. The molecule has 0 radical (unpaired) electrons. The van der Waals surface area contributed by atoms with Gasteiger partial charge in [0, 0.05) is 50.4 Å². The van der Waals surface area contributed by atoms with Crippen LogP contribution in [0.3, 0.4) is 0 Å². The van der Waals surface area contributed by atoms with Crippen LogP contribution in [0.15, 0.2) is 60.9 Å². The Labute approximate surface area is 210 Å². The van der Waals surface area contributed by atoms with Gasteiger partial charge in [-0.2, -0.15) is 12.6 Å². The lowest BCUT2D eigenvalue weighted by atomic mass is 9.95. The molecule has 2 unspecified atom stereocenters. The van der Waals surface area contributed by atoms with Crippen LogP contribution in [-0.4, -0.2) is 45.7 Å². The van der Waals surface area contributed by atoms with Crippen LogP contribution < -0.4 is 5.32 Å². The molecule has 0 aliphatic carbocycles. The second-order valence-corrected chi connectivity index (χ2v) is 10.2. The van der Waals surface area contributed by atoms with Gasteiger partial charge in [-0.3, -0.25) is 29.7 Å². The average molecular weight is 485 g/mol. The van der Waals surface area contributed by atoms with Gasteiger partial charge < -0.3 is 0 Å². The smallest absolute Gasteiger partial charge is 0.243 e. The van der Waals surface area contributed by atoms with Gasteiger partial charge in [-0.15, -0.1) is 0 Å². The highest BCUT2D eigenvalue weighted by atomic mass is 32.1. The number of carbonyl (C=O) groups is 2. The molecule has 2 atom stereocenters. The Hall–Kier alpha value is -3.00. The fourth-order valence-corrected chi connectivity index (χ4v) is 6.11. The average Bonchev–Trinajstić information content (AvgIpc) is 3.20. The summed E-state index contributed by atoms with van der Waals surface area (Å²) in [6, 6.07) is 14.9. The Morgan fingerprint density at radius 3 is 2.86 bits per heavy atom. The number of nitrogens with one attached hydrogen (secondary N) is 1. The van der Waals surface area contributed by atoms with E-state index in [4.69, 9.17) is 12.6 Å². The predicted molar refractivity (Wildman–Crippen MR) is 139 cm³/mol. The van der Waals surface area contributed by atoms with Crippen LogP contribution in [0.25, 0.3) is 16.3 Å². The molecule has 2 amide bonds. The van der Waals surface area contributed by atoms with Gasteiger partial charge in [0.05, 0.1) is 11.4 Å². The molecule has 3 aliphatic rings. The number of piperidine rings is 1. The fraction of sp³-hybridized carbons (Fsp3) is 0.321. The molecule has 1 saturated heterocycles. The van der Waals surface area contributed by atoms with E-state index in [0.29, 0.717) is 19.4 Å². The van der Waals surface area contributed by atoms with Crippen LogP contribution in [0, 0.1) is 0 Å². The topological polar surface area (TPSA) is 65.5 Å². The van der Waals surface area contributed by atoms with Crippen molar-refractivity contribution in [1.29, 1.82) is 0 Å². The van der Waals surface area contributed by atoms with E-state index in [0.717, 1.165) is 26.1 Å². The zero-order chi connectivity index (χ0) is 23.9. The van der Waals surface area contributed by atoms with Crippen LogP contribution in [0.2, 0.25) is 0 Å². The van der Waals surface area contributed by atoms with E-state index in [1.807, 2.05) is 12.4 Å². The highest BCUT2D eigenvalue weighted by Crippen LogP contribution is 2.40. The summed E-state index contributed by atoms with van der Waals surface area (Å²) < 4.78 is 0. The summed E-state index contributed by atoms with van der Waals surface area (Å²) in [6.45, 7) is 3.50. The molecule has 0 saturated carbocycles. The first-order valence-electron chi connectivity index (χ1n) is 12.2. The zero-order valence-corrected chi connectivity index (χ0v) is 20.4. The van der Waals surface area contributed by atoms with E-state index in [-0.39, 0.29) is 23.2 Å². The number of benzene rings is 2. The minimum Gasteiger partial charge on any atom is -0.295 e. The van der Waals surface area contributed by atoms with Gasteiger partial charge in [0.15, 0.2) is 0 Å². The SMILES string of the molecule is O=C1CCC(N2Cc3ccc(CN4CC=C(c5cccc6cnccc56)CC4)cc3C2S)C(=O)N1. The van der Waals surface area contributed by atoms with Crippen molar-refractivity contribution in [2.24, 2.45) is 0 Å². The van der Waals surface area contributed by atoms with Gasteiger partial charge in [-0.25, -0.2) is 0 Å². The maximum atomic E-state index is 12.4. The summed E-state index contributed by atoms with van der Waals surface area (Å²) in [5.41, 5.74) is 6.37. The Kier molecular flexibility index (Phi) is 5.92. The first kappa shape index (κ1) is 22.5. The molecule has 3 aromatic rings. The molecule has 1 N–H and O–H groups in total. The van der Waals surface area contributed by atoms with Gasteiger partial charge in [0.2, 0.25) is 11.8 Å². The molecule has 4 heterocycles. The number of pyridine rings is 1. The molecule has 6 rings (SSSR count). The Bertz CT molecular complexity index is 1350. The third-order valence-corrected chi connectivity index (χ3v) is 8.07. The molecule has 2 aromatic carbocycles. The van der Waals surface area contributed by atoms with Crippen LogP contribution in [-0.2, 0) is 22.7 Å². The number of aromatic nitrogens is 1. The van der Waals surface area contributed by atoms with Crippen molar-refractivity contribution < 1.29 is 9.59 Å². The quantitative estimate of drug-likeness (QED) is 0.432. The Morgan fingerprint density at radius 2 is 2.03 bits per heavy atom. The van der Waals surface area contributed by atoms with E-state index >= 15 is 0 Å². The van der Waals surface area contributed by atoms with Crippen LogP contribution >= 0.6 is 12.6 Å². The molecular formula is C28H28N4O2S. The molecule has 6 nitrogen and oxygen atoms in total. The Morgan fingerprint density at radius 1 is 1.11 bits per heavy atom. The number of hydrogen-bond acceptors (Lipinski definition) is 6. The Balaban J connectivity index is 1.14. The highest BCUT2D eigenvalue weighted by molar-refractivity contribution is 7.80. The zero-order valence-electron chi connectivity index (χ0n) is 19.5. The van der Waals surface area contributed by atoms with Crippen molar-refractivity contribution in [2.45, 2.75) is 43.8 Å². The molecule has 1 aromatic heterocycles. The lowest BCUT2D eigenvalue weighted by Gasteiger charge is -2.32. The van der Waals surface area contributed by atoms with E-state index in [1.165, 1.54) is 38.6 Å². The summed E-state index contributed by atoms with van der Waals surface area (Å²) in [6.07, 6.45) is 8.11. The normalized spacial score (nSPS) is 23.3. The number of fused-ring (bicyclic) bond motifs is 2. The largest absolute Gasteiger partial charge is 0.295 e. The fourth-order valence-electron chi connectivity index (χ4n) is 5.63. The number of rotatable bonds is 4. The molecule has 1 fully saturated rings. The van der Waals surface area contributed by atoms with Crippen LogP contribution in [0.4, 0.5) is 0 Å². The van der Waals surface area contributed by atoms with E-state index in [1.54, 1.807) is 0 Å². The summed E-state index contributed by atoms with van der Waals surface area (Å²) in [4.78, 5) is 32.8. The summed E-state index contributed by atoms with van der Waals surface area (Å²) in [7, 11) is 0. The van der Waals surface area contributed by atoms with Crippen molar-refractivity contribution in [3.05, 3.63) is 83.2 Å². The minimum absolute atomic E-state index is 0.136. The lowest BCUT2D eigenvalue weighted by Crippen LogP contribution is -2.51. The van der Waals surface area contributed by atoms with Gasteiger partial charge in [-0.05, 0) is 52.1 Å². The maximum absolute atomic E-state index is 12.4. The van der Waals surface area contributed by atoms with Crippen molar-refractivity contribution in [3.63, 3.8) is 0 Å². The van der Waals surface area contributed by atoms with E-state index in [2.05, 4.69) is 68.6 Å². The van der Waals surface area contributed by atoms with Gasteiger partial charge >= 0.3 is 0 Å². The van der Waals surface area contributed by atoms with E-state index < -0.39 is 0 Å². The summed E-state index contributed by atoms with van der Waals surface area (Å²) >= 11 is 4.87. The van der Waals surface area contributed by atoms with Gasteiger partial charge in [0.25, 0.3) is 0 Å². The van der Waals surface area contributed by atoms with Crippen LogP contribution in [0.5, 0.6) is 0 Å². The molecule has 35 heavy (non-hydrogen) atoms. The second-order valence-electron chi connectivity index (χ2n) is 9.66. The predicted octanol–water partition coefficient (Wildman–Crippen LogP) is 4.07. The van der Waals surface area contributed by atoms with Crippen LogP contribution in [0.1, 0.15) is 46.9 Å². The van der Waals surface area contributed by atoms with Crippen molar-refractivity contribution >= 4 is 40.8 Å². The first-order valence-corrected chi connectivity index (χ1v) is 12.7. The summed E-state index contributed by atoms with van der Waals surface area (Å²) in [5, 5.41) is 4.78. The number of nitrogens with zero attached hydrogens (tertiary/aromatic N) is 3. The highest BCUT2D eigenvalue weighted by Gasteiger charge is 2.39.